The topological polar surface area (TPSA) is 40.9 Å². The van der Waals surface area contributed by atoms with E-state index in [4.69, 9.17) is 5.26 Å². The molecule has 0 aliphatic carbocycles. The summed E-state index contributed by atoms with van der Waals surface area (Å²) >= 11 is 0. The van der Waals surface area contributed by atoms with Gasteiger partial charge in [-0.1, -0.05) is 27.2 Å². The van der Waals surface area contributed by atoms with Crippen LogP contribution in [-0.2, 0) is 10.8 Å². The molecule has 3 unspecified atom stereocenters. The van der Waals surface area contributed by atoms with Crippen molar-refractivity contribution >= 4 is 10.8 Å². The normalized spacial score (nSPS) is 17.8. The highest BCUT2D eigenvalue weighted by molar-refractivity contribution is 7.85. The lowest BCUT2D eigenvalue weighted by Gasteiger charge is -2.10. The predicted molar refractivity (Wildman–Crippen MR) is 52.2 cm³/mol. The van der Waals surface area contributed by atoms with Crippen LogP contribution in [0, 0.1) is 17.2 Å². The summed E-state index contributed by atoms with van der Waals surface area (Å²) < 4.78 is 11.5. The van der Waals surface area contributed by atoms with Crippen molar-refractivity contribution in [3.63, 3.8) is 0 Å². The van der Waals surface area contributed by atoms with Gasteiger partial charge in [-0.2, -0.15) is 5.26 Å². The Balaban J connectivity index is 3.95. The first-order valence-corrected chi connectivity index (χ1v) is 5.80. The number of nitriles is 1. The van der Waals surface area contributed by atoms with Gasteiger partial charge in [0.15, 0.2) is 0 Å². The Morgan fingerprint density at radius 3 is 2.33 bits per heavy atom. The molecule has 0 heterocycles. The van der Waals surface area contributed by atoms with Crippen LogP contribution in [0.4, 0.5) is 0 Å². The quantitative estimate of drug-likeness (QED) is 0.661. The fourth-order valence-electron chi connectivity index (χ4n) is 0.850. The second-order valence-corrected chi connectivity index (χ2v) is 4.75. The molecule has 0 aromatic heterocycles. The Hall–Kier alpha value is -0.360. The third-order valence-corrected chi connectivity index (χ3v) is 3.95. The largest absolute Gasteiger partial charge is 0.258 e. The zero-order valence-corrected chi connectivity index (χ0v) is 8.86. The molecule has 3 atom stereocenters. The first-order chi connectivity index (χ1) is 5.65. The molecule has 0 spiro atoms. The van der Waals surface area contributed by atoms with Crippen LogP contribution in [0.25, 0.3) is 0 Å². The summed E-state index contributed by atoms with van der Waals surface area (Å²) in [6.07, 6.45) is 1.73. The standard InChI is InChI=1S/C9H17NOS/c1-4-8(3)7-12(11)9(5-2)6-10/h8-9H,4-5,7H2,1-3H3. The summed E-state index contributed by atoms with van der Waals surface area (Å²) in [6.45, 7) is 6.06. The van der Waals surface area contributed by atoms with Crippen LogP contribution in [0.3, 0.4) is 0 Å². The fourth-order valence-corrected chi connectivity index (χ4v) is 2.37. The van der Waals surface area contributed by atoms with Gasteiger partial charge in [0.2, 0.25) is 0 Å². The van der Waals surface area contributed by atoms with Crippen molar-refractivity contribution in [3.8, 4) is 6.07 Å². The predicted octanol–water partition coefficient (Wildman–Crippen LogP) is 2.08. The maximum Gasteiger partial charge on any atom is 0.121 e. The minimum atomic E-state index is -0.949. The molecule has 0 N–H and O–H groups in total. The number of rotatable bonds is 5. The molecule has 0 fully saturated rings. The average Bonchev–Trinajstić information content (AvgIpc) is 2.06. The second-order valence-electron chi connectivity index (χ2n) is 3.09. The Morgan fingerprint density at radius 1 is 1.42 bits per heavy atom. The average molecular weight is 187 g/mol. The van der Waals surface area contributed by atoms with Crippen molar-refractivity contribution in [1.82, 2.24) is 0 Å². The van der Waals surface area contributed by atoms with E-state index in [0.717, 1.165) is 6.42 Å². The molecule has 0 amide bonds. The van der Waals surface area contributed by atoms with Crippen LogP contribution in [-0.4, -0.2) is 15.2 Å². The van der Waals surface area contributed by atoms with Gasteiger partial charge in [-0.05, 0) is 12.3 Å². The molecular formula is C9H17NOS. The van der Waals surface area contributed by atoms with Crippen LogP contribution < -0.4 is 0 Å². The monoisotopic (exact) mass is 187 g/mol. The molecule has 0 aliphatic rings. The molecule has 12 heavy (non-hydrogen) atoms. The van der Waals surface area contributed by atoms with Crippen molar-refractivity contribution in [2.24, 2.45) is 5.92 Å². The van der Waals surface area contributed by atoms with E-state index >= 15 is 0 Å². The molecule has 2 nitrogen and oxygen atoms in total. The van der Waals surface area contributed by atoms with Crippen molar-refractivity contribution < 1.29 is 4.21 Å². The van der Waals surface area contributed by atoms with Gasteiger partial charge in [-0.25, -0.2) is 0 Å². The van der Waals surface area contributed by atoms with Crippen molar-refractivity contribution in [2.75, 3.05) is 5.75 Å². The lowest BCUT2D eigenvalue weighted by molar-refractivity contribution is 0.612. The van der Waals surface area contributed by atoms with Gasteiger partial charge >= 0.3 is 0 Å². The first kappa shape index (κ1) is 11.6. The molecule has 0 radical (unpaired) electrons. The third-order valence-electron chi connectivity index (χ3n) is 1.98. The van der Waals surface area contributed by atoms with E-state index in [-0.39, 0.29) is 5.25 Å². The lowest BCUT2D eigenvalue weighted by Crippen LogP contribution is -2.18. The molecule has 0 aromatic rings. The molecule has 70 valence electrons. The number of nitrogens with zero attached hydrogens (tertiary/aromatic N) is 1. The van der Waals surface area contributed by atoms with Crippen LogP contribution >= 0.6 is 0 Å². The Bertz CT molecular complexity index is 185. The summed E-state index contributed by atoms with van der Waals surface area (Å²) in [6, 6.07) is 2.08. The summed E-state index contributed by atoms with van der Waals surface area (Å²) in [5.74, 6) is 1.14. The third kappa shape index (κ3) is 3.87. The van der Waals surface area contributed by atoms with Gasteiger partial charge in [0, 0.05) is 16.6 Å². The number of hydrogen-bond acceptors (Lipinski definition) is 2. The fraction of sp³-hybridized carbons (Fsp3) is 0.889. The highest BCUT2D eigenvalue weighted by Gasteiger charge is 2.15. The summed E-state index contributed by atoms with van der Waals surface area (Å²) in [4.78, 5) is 0. The molecule has 0 aliphatic heterocycles. The Labute approximate surface area is 77.4 Å². The minimum Gasteiger partial charge on any atom is -0.258 e. The smallest absolute Gasteiger partial charge is 0.121 e. The van der Waals surface area contributed by atoms with Gasteiger partial charge in [-0.3, -0.25) is 4.21 Å². The Morgan fingerprint density at radius 2 is 2.00 bits per heavy atom. The highest BCUT2D eigenvalue weighted by atomic mass is 32.2. The first-order valence-electron chi connectivity index (χ1n) is 4.42. The van der Waals surface area contributed by atoms with Crippen molar-refractivity contribution in [3.05, 3.63) is 0 Å². The highest BCUT2D eigenvalue weighted by Crippen LogP contribution is 2.08. The molecule has 0 bridgehead atoms. The molecule has 0 rings (SSSR count). The lowest BCUT2D eigenvalue weighted by atomic mass is 10.2. The molecule has 0 aromatic carbocycles. The van der Waals surface area contributed by atoms with Crippen molar-refractivity contribution in [1.29, 1.82) is 5.26 Å². The molecule has 0 saturated heterocycles. The molecule has 0 saturated carbocycles. The number of hydrogen-bond donors (Lipinski definition) is 0. The van der Waals surface area contributed by atoms with Crippen LogP contribution in [0.1, 0.15) is 33.6 Å². The van der Waals surface area contributed by atoms with E-state index in [9.17, 15) is 4.21 Å². The van der Waals surface area contributed by atoms with Crippen LogP contribution in [0.2, 0.25) is 0 Å². The van der Waals surface area contributed by atoms with Gasteiger partial charge in [0.1, 0.15) is 5.25 Å². The van der Waals surface area contributed by atoms with E-state index in [2.05, 4.69) is 19.9 Å². The Kier molecular flexibility index (Phi) is 6.00. The van der Waals surface area contributed by atoms with Gasteiger partial charge < -0.3 is 0 Å². The SMILES string of the molecule is CCC(C)CS(=O)C(C#N)CC. The van der Waals surface area contributed by atoms with E-state index in [1.165, 1.54) is 0 Å². The van der Waals surface area contributed by atoms with Gasteiger partial charge in [0.25, 0.3) is 0 Å². The molecular weight excluding hydrogens is 170 g/mol. The van der Waals surface area contributed by atoms with Crippen LogP contribution in [0.15, 0.2) is 0 Å². The minimum absolute atomic E-state index is 0.265. The maximum atomic E-state index is 11.5. The zero-order chi connectivity index (χ0) is 9.56. The van der Waals surface area contributed by atoms with E-state index in [1.807, 2.05) is 6.92 Å². The summed E-state index contributed by atoms with van der Waals surface area (Å²) in [7, 11) is -0.949. The van der Waals surface area contributed by atoms with Gasteiger partial charge in [0.05, 0.1) is 6.07 Å². The van der Waals surface area contributed by atoms with Crippen molar-refractivity contribution in [2.45, 2.75) is 38.9 Å². The van der Waals surface area contributed by atoms with E-state index in [1.54, 1.807) is 0 Å². The van der Waals surface area contributed by atoms with Crippen LogP contribution in [0.5, 0.6) is 0 Å². The summed E-state index contributed by atoms with van der Waals surface area (Å²) in [5, 5.41) is 8.37. The van der Waals surface area contributed by atoms with E-state index < -0.39 is 10.8 Å². The summed E-state index contributed by atoms with van der Waals surface area (Å²) in [5.41, 5.74) is 0. The second kappa shape index (κ2) is 6.19. The van der Waals surface area contributed by atoms with Gasteiger partial charge in [-0.15, -0.1) is 0 Å². The maximum absolute atomic E-state index is 11.5. The molecule has 3 heteroatoms. The van der Waals surface area contributed by atoms with E-state index in [0.29, 0.717) is 18.1 Å². The zero-order valence-electron chi connectivity index (χ0n) is 8.04.